The molecule has 0 saturated carbocycles. The largest absolute Gasteiger partial charge is 0.348 e. The fraction of sp³-hybridized carbons (Fsp3) is 0.615. The number of hydrogen-bond acceptors (Lipinski definition) is 5. The predicted molar refractivity (Wildman–Crippen MR) is 76.5 cm³/mol. The second kappa shape index (κ2) is 5.28. The molecule has 0 spiro atoms. The topological polar surface area (TPSA) is 55.6 Å². The molecule has 0 aromatic carbocycles. The Morgan fingerprint density at radius 3 is 3.05 bits per heavy atom. The summed E-state index contributed by atoms with van der Waals surface area (Å²) in [6, 6.07) is 0. The van der Waals surface area contributed by atoms with Crippen molar-refractivity contribution < 1.29 is 0 Å². The second-order valence-corrected chi connectivity index (χ2v) is 6.36. The van der Waals surface area contributed by atoms with Crippen LogP contribution in [0, 0.1) is 0 Å². The highest BCUT2D eigenvalue weighted by molar-refractivity contribution is 7.11. The number of aromatic nitrogens is 4. The Morgan fingerprint density at radius 1 is 1.37 bits per heavy atom. The minimum atomic E-state index is 0.548. The summed E-state index contributed by atoms with van der Waals surface area (Å²) in [6.45, 7) is 6.15. The van der Waals surface area contributed by atoms with Gasteiger partial charge in [-0.3, -0.25) is 4.57 Å². The number of aryl methyl sites for hydroxylation is 1. The highest BCUT2D eigenvalue weighted by atomic mass is 32.1. The van der Waals surface area contributed by atoms with E-state index in [2.05, 4.69) is 38.9 Å². The first-order valence-corrected chi connectivity index (χ1v) is 7.66. The number of nitrogens with one attached hydrogen (secondary N) is 1. The highest BCUT2D eigenvalue weighted by Crippen LogP contribution is 2.23. The van der Waals surface area contributed by atoms with Crippen LogP contribution in [0.15, 0.2) is 6.20 Å². The molecule has 1 aliphatic rings. The van der Waals surface area contributed by atoms with Crippen molar-refractivity contribution >= 4 is 17.3 Å². The Kier molecular flexibility index (Phi) is 3.50. The third-order valence-corrected chi connectivity index (χ3v) is 4.70. The van der Waals surface area contributed by atoms with Gasteiger partial charge in [-0.05, 0) is 18.8 Å². The third kappa shape index (κ3) is 2.63. The van der Waals surface area contributed by atoms with Gasteiger partial charge < -0.3 is 5.32 Å². The van der Waals surface area contributed by atoms with Crippen molar-refractivity contribution in [2.24, 2.45) is 0 Å². The minimum Gasteiger partial charge on any atom is -0.348 e. The Balaban J connectivity index is 1.67. The van der Waals surface area contributed by atoms with Gasteiger partial charge in [0, 0.05) is 24.0 Å². The summed E-state index contributed by atoms with van der Waals surface area (Å²) in [5.41, 5.74) is 0. The van der Waals surface area contributed by atoms with Crippen LogP contribution in [0.1, 0.15) is 48.3 Å². The van der Waals surface area contributed by atoms with Gasteiger partial charge >= 0.3 is 0 Å². The lowest BCUT2D eigenvalue weighted by atomic mass is 10.2. The molecule has 0 atom stereocenters. The van der Waals surface area contributed by atoms with Gasteiger partial charge in [0.25, 0.3) is 0 Å². The average molecular weight is 277 g/mol. The molecule has 2 aromatic heterocycles. The summed E-state index contributed by atoms with van der Waals surface area (Å²) in [5, 5.41) is 12.9. The quantitative estimate of drug-likeness (QED) is 0.933. The van der Waals surface area contributed by atoms with Crippen LogP contribution in [0.3, 0.4) is 0 Å². The molecule has 5 nitrogen and oxygen atoms in total. The van der Waals surface area contributed by atoms with Crippen molar-refractivity contribution in [3.8, 4) is 0 Å². The number of anilines is 1. The van der Waals surface area contributed by atoms with Gasteiger partial charge in [0.15, 0.2) is 0 Å². The molecular weight excluding hydrogens is 258 g/mol. The van der Waals surface area contributed by atoms with Crippen LogP contribution in [0.2, 0.25) is 0 Å². The van der Waals surface area contributed by atoms with Gasteiger partial charge in [-0.2, -0.15) is 0 Å². The molecule has 1 aliphatic heterocycles. The van der Waals surface area contributed by atoms with Gasteiger partial charge in [-0.1, -0.05) is 13.8 Å². The second-order valence-electron chi connectivity index (χ2n) is 5.21. The molecule has 102 valence electrons. The molecule has 0 fully saturated rings. The lowest BCUT2D eigenvalue weighted by Crippen LogP contribution is -2.14. The highest BCUT2D eigenvalue weighted by Gasteiger charge is 2.15. The molecule has 1 N–H and O–H groups in total. The summed E-state index contributed by atoms with van der Waals surface area (Å²) in [6.07, 6.45) is 5.46. The number of nitrogens with zero attached hydrogens (tertiary/aromatic N) is 4. The van der Waals surface area contributed by atoms with E-state index in [9.17, 15) is 0 Å². The maximum Gasteiger partial charge on any atom is 0.224 e. The molecule has 6 heteroatoms. The maximum absolute atomic E-state index is 4.45. The molecule has 2 aromatic rings. The molecule has 19 heavy (non-hydrogen) atoms. The first-order chi connectivity index (χ1) is 9.24. The van der Waals surface area contributed by atoms with E-state index in [1.54, 1.807) is 11.3 Å². The standard InChI is InChI=1S/C13H19N5S/c1-9(2)10-7-14-12(19-10)8-15-13-17-16-11-5-3-4-6-18(11)13/h7,9H,3-6,8H2,1-2H3,(H,15,17). The zero-order valence-corrected chi connectivity index (χ0v) is 12.2. The first-order valence-electron chi connectivity index (χ1n) is 6.84. The minimum absolute atomic E-state index is 0.548. The fourth-order valence-electron chi connectivity index (χ4n) is 2.27. The van der Waals surface area contributed by atoms with Gasteiger partial charge in [0.2, 0.25) is 5.95 Å². The third-order valence-electron chi connectivity index (χ3n) is 3.40. The van der Waals surface area contributed by atoms with Crippen LogP contribution < -0.4 is 5.32 Å². The van der Waals surface area contributed by atoms with Crippen LogP contribution in [0.5, 0.6) is 0 Å². The van der Waals surface area contributed by atoms with Crippen molar-refractivity contribution in [2.45, 2.75) is 52.1 Å². The maximum atomic E-state index is 4.45. The van der Waals surface area contributed by atoms with E-state index in [0.717, 1.165) is 36.3 Å². The van der Waals surface area contributed by atoms with Crippen molar-refractivity contribution in [1.82, 2.24) is 19.7 Å². The first kappa shape index (κ1) is 12.6. The molecule has 3 heterocycles. The van der Waals surface area contributed by atoms with Gasteiger partial charge in [0.05, 0.1) is 6.54 Å². The van der Waals surface area contributed by atoms with Crippen molar-refractivity contribution in [3.05, 3.63) is 21.9 Å². The fourth-order valence-corrected chi connectivity index (χ4v) is 3.13. The van der Waals surface area contributed by atoms with E-state index in [0.29, 0.717) is 5.92 Å². The van der Waals surface area contributed by atoms with E-state index in [-0.39, 0.29) is 0 Å². The zero-order chi connectivity index (χ0) is 13.2. The van der Waals surface area contributed by atoms with Crippen molar-refractivity contribution in [3.63, 3.8) is 0 Å². The van der Waals surface area contributed by atoms with Crippen molar-refractivity contribution in [1.29, 1.82) is 0 Å². The van der Waals surface area contributed by atoms with Gasteiger partial charge in [0.1, 0.15) is 10.8 Å². The van der Waals surface area contributed by atoms with Crippen LogP contribution in [-0.4, -0.2) is 19.7 Å². The molecule has 0 unspecified atom stereocenters. The number of hydrogen-bond donors (Lipinski definition) is 1. The van der Waals surface area contributed by atoms with E-state index in [1.165, 1.54) is 17.7 Å². The van der Waals surface area contributed by atoms with E-state index >= 15 is 0 Å². The summed E-state index contributed by atoms with van der Waals surface area (Å²) in [7, 11) is 0. The molecule has 3 rings (SSSR count). The van der Waals surface area contributed by atoms with E-state index in [1.807, 2.05) is 6.20 Å². The normalized spacial score (nSPS) is 14.7. The van der Waals surface area contributed by atoms with Crippen molar-refractivity contribution in [2.75, 3.05) is 5.32 Å². The number of rotatable bonds is 4. The Hall–Kier alpha value is -1.43. The Labute approximate surface area is 117 Å². The van der Waals surface area contributed by atoms with Gasteiger partial charge in [-0.15, -0.1) is 21.5 Å². The molecule has 0 saturated heterocycles. The Bertz CT molecular complexity index is 557. The molecule has 0 aliphatic carbocycles. The number of fused-ring (bicyclic) bond motifs is 1. The van der Waals surface area contributed by atoms with Crippen LogP contribution in [0.4, 0.5) is 5.95 Å². The molecule has 0 amide bonds. The summed E-state index contributed by atoms with van der Waals surface area (Å²) < 4.78 is 2.19. The summed E-state index contributed by atoms with van der Waals surface area (Å²) in [4.78, 5) is 5.78. The lowest BCUT2D eigenvalue weighted by molar-refractivity contribution is 0.525. The summed E-state index contributed by atoms with van der Waals surface area (Å²) >= 11 is 1.77. The SMILES string of the molecule is CC(C)c1cnc(CNc2nnc3n2CCCC3)s1. The van der Waals surface area contributed by atoms with Crippen LogP contribution in [-0.2, 0) is 19.5 Å². The van der Waals surface area contributed by atoms with Gasteiger partial charge in [-0.25, -0.2) is 4.98 Å². The zero-order valence-electron chi connectivity index (χ0n) is 11.4. The smallest absolute Gasteiger partial charge is 0.224 e. The van der Waals surface area contributed by atoms with E-state index in [4.69, 9.17) is 0 Å². The predicted octanol–water partition coefficient (Wildman–Crippen LogP) is 2.81. The number of thiazole rings is 1. The molecular formula is C13H19N5S. The lowest BCUT2D eigenvalue weighted by Gasteiger charge is -2.14. The monoisotopic (exact) mass is 277 g/mol. The summed E-state index contributed by atoms with van der Waals surface area (Å²) in [5.74, 6) is 2.54. The molecule has 0 bridgehead atoms. The van der Waals surface area contributed by atoms with E-state index < -0.39 is 0 Å². The molecule has 0 radical (unpaired) electrons. The Morgan fingerprint density at radius 2 is 2.26 bits per heavy atom. The van der Waals surface area contributed by atoms with Crippen LogP contribution >= 0.6 is 11.3 Å². The average Bonchev–Trinajstić information content (AvgIpc) is 3.03. The van der Waals surface area contributed by atoms with Crippen LogP contribution in [0.25, 0.3) is 0 Å².